The molecule has 1 aliphatic carbocycles. The van der Waals surface area contributed by atoms with E-state index in [0.29, 0.717) is 5.82 Å². The summed E-state index contributed by atoms with van der Waals surface area (Å²) in [6.45, 7) is 4.71. The molecule has 9 aromatic rings. The first-order valence-electron chi connectivity index (χ1n) is 19.6. The lowest BCUT2D eigenvalue weighted by Gasteiger charge is -2.23. The molecule has 0 atom stereocenters. The van der Waals surface area contributed by atoms with Gasteiger partial charge < -0.3 is 0 Å². The lowest BCUT2D eigenvalue weighted by molar-refractivity contribution is 0.660. The molecule has 0 fully saturated rings. The predicted molar refractivity (Wildman–Crippen MR) is 238 cm³/mol. The number of fused-ring (bicyclic) bond motifs is 3. The highest BCUT2D eigenvalue weighted by Crippen LogP contribution is 2.52. The van der Waals surface area contributed by atoms with Gasteiger partial charge in [-0.05, 0) is 97.1 Å². The van der Waals surface area contributed by atoms with Crippen molar-refractivity contribution in [3.63, 3.8) is 0 Å². The fraction of sp³-hybridized carbons (Fsp3) is 0.0545. The molecule has 1 aromatic heterocycles. The van der Waals surface area contributed by atoms with Crippen LogP contribution < -0.4 is 0 Å². The number of aromatic nitrogens is 2. The molecule has 57 heavy (non-hydrogen) atoms. The Balaban J connectivity index is 1.06. The van der Waals surface area contributed by atoms with Crippen LogP contribution in [0.1, 0.15) is 25.0 Å². The summed E-state index contributed by atoms with van der Waals surface area (Å²) in [6.07, 6.45) is 0. The molecule has 0 amide bonds. The maximum atomic E-state index is 5.16. The number of hydrogen-bond donors (Lipinski definition) is 0. The van der Waals surface area contributed by atoms with Gasteiger partial charge >= 0.3 is 0 Å². The zero-order chi connectivity index (χ0) is 38.3. The van der Waals surface area contributed by atoms with Crippen LogP contribution in [0.25, 0.3) is 89.5 Å². The summed E-state index contributed by atoms with van der Waals surface area (Å²) >= 11 is 0. The molecule has 0 radical (unpaired) electrons. The molecule has 2 nitrogen and oxygen atoms in total. The van der Waals surface area contributed by atoms with Crippen molar-refractivity contribution in [3.05, 3.63) is 217 Å². The monoisotopic (exact) mass is 728 g/mol. The average Bonchev–Trinajstić information content (AvgIpc) is 3.51. The van der Waals surface area contributed by atoms with Gasteiger partial charge in [0.2, 0.25) is 0 Å². The molecule has 0 N–H and O–H groups in total. The van der Waals surface area contributed by atoms with E-state index in [0.717, 1.165) is 39.2 Å². The first-order valence-corrected chi connectivity index (χ1v) is 19.6. The van der Waals surface area contributed by atoms with Gasteiger partial charge in [-0.25, -0.2) is 9.97 Å². The van der Waals surface area contributed by atoms with Gasteiger partial charge in [0, 0.05) is 22.1 Å². The van der Waals surface area contributed by atoms with Gasteiger partial charge in [-0.3, -0.25) is 0 Å². The Hall–Kier alpha value is -7.16. The third-order valence-corrected chi connectivity index (χ3v) is 11.5. The lowest BCUT2D eigenvalue weighted by Crippen LogP contribution is -2.15. The van der Waals surface area contributed by atoms with Gasteiger partial charge in [0.25, 0.3) is 0 Å². The van der Waals surface area contributed by atoms with Gasteiger partial charge in [0.1, 0.15) is 0 Å². The highest BCUT2D eigenvalue weighted by atomic mass is 14.9. The molecule has 0 aliphatic heterocycles. The summed E-state index contributed by atoms with van der Waals surface area (Å²) in [4.78, 5) is 10.3. The second-order valence-electron chi connectivity index (χ2n) is 15.4. The average molecular weight is 729 g/mol. The fourth-order valence-electron chi connectivity index (χ4n) is 8.49. The molecule has 0 saturated carbocycles. The zero-order valence-corrected chi connectivity index (χ0v) is 32.0. The quantitative estimate of drug-likeness (QED) is 0.163. The second-order valence-corrected chi connectivity index (χ2v) is 15.4. The van der Waals surface area contributed by atoms with E-state index in [1.54, 1.807) is 0 Å². The Morgan fingerprint density at radius 3 is 1.44 bits per heavy atom. The molecule has 8 aromatic carbocycles. The van der Waals surface area contributed by atoms with E-state index < -0.39 is 0 Å². The van der Waals surface area contributed by atoms with Gasteiger partial charge in [-0.15, -0.1) is 0 Å². The summed E-state index contributed by atoms with van der Waals surface area (Å²) in [7, 11) is 0. The largest absolute Gasteiger partial charge is 0.228 e. The minimum atomic E-state index is -0.0965. The maximum absolute atomic E-state index is 5.16. The van der Waals surface area contributed by atoms with E-state index in [1.807, 2.05) is 24.3 Å². The van der Waals surface area contributed by atoms with E-state index in [4.69, 9.17) is 9.97 Å². The van der Waals surface area contributed by atoms with Crippen LogP contribution in [0.15, 0.2) is 206 Å². The standard InChI is InChI=1S/C55H40N2/c1-55(2)50-27-13-12-26-46(50)49-34-47(39-18-8-4-9-19-39)48(35-51(49)55)44-24-14-22-42(32-44)43-23-15-25-45(33-43)53-36-52(56-54(57-53)41-20-10-5-11-21-41)40-30-28-38(29-31-40)37-16-6-3-7-17-37/h3-36H,1-2H3. The van der Waals surface area contributed by atoms with E-state index in [-0.39, 0.29) is 5.41 Å². The van der Waals surface area contributed by atoms with Gasteiger partial charge in [0.05, 0.1) is 11.4 Å². The molecular weight excluding hydrogens is 689 g/mol. The molecule has 0 saturated heterocycles. The van der Waals surface area contributed by atoms with Crippen LogP contribution in [0.3, 0.4) is 0 Å². The molecule has 0 unspecified atom stereocenters. The molecule has 1 aliphatic rings. The Morgan fingerprint density at radius 2 is 0.754 bits per heavy atom. The summed E-state index contributed by atoms with van der Waals surface area (Å²) in [5.41, 5.74) is 19.7. The van der Waals surface area contributed by atoms with Gasteiger partial charge in [-0.1, -0.05) is 190 Å². The van der Waals surface area contributed by atoms with E-state index in [2.05, 4.69) is 196 Å². The van der Waals surface area contributed by atoms with Crippen LogP contribution >= 0.6 is 0 Å². The Labute approximate surface area is 334 Å². The molecule has 2 heteroatoms. The molecule has 0 spiro atoms. The third kappa shape index (κ3) is 6.36. The molecule has 1 heterocycles. The summed E-state index contributed by atoms with van der Waals surface area (Å²) in [5, 5.41) is 0. The van der Waals surface area contributed by atoms with Crippen molar-refractivity contribution in [2.24, 2.45) is 0 Å². The first-order chi connectivity index (χ1) is 28.0. The SMILES string of the molecule is CC1(C)c2ccccc2-c2cc(-c3ccccc3)c(-c3cccc(-c4cccc(-c5cc(-c6ccc(-c7ccccc7)cc6)nc(-c6ccccc6)n5)c4)c3)cc21. The lowest BCUT2D eigenvalue weighted by atomic mass is 9.80. The van der Waals surface area contributed by atoms with Crippen LogP contribution in [0.2, 0.25) is 0 Å². The van der Waals surface area contributed by atoms with Crippen molar-refractivity contribution in [2.45, 2.75) is 19.3 Å². The van der Waals surface area contributed by atoms with Crippen molar-refractivity contribution in [2.75, 3.05) is 0 Å². The minimum absolute atomic E-state index is 0.0965. The highest BCUT2D eigenvalue weighted by molar-refractivity contribution is 5.93. The summed E-state index contributed by atoms with van der Waals surface area (Å²) in [5.74, 6) is 0.706. The Bertz CT molecular complexity index is 2890. The minimum Gasteiger partial charge on any atom is -0.228 e. The van der Waals surface area contributed by atoms with Crippen LogP contribution in [-0.4, -0.2) is 9.97 Å². The third-order valence-electron chi connectivity index (χ3n) is 11.5. The van der Waals surface area contributed by atoms with Crippen LogP contribution in [0.4, 0.5) is 0 Å². The summed E-state index contributed by atoms with van der Waals surface area (Å²) < 4.78 is 0. The van der Waals surface area contributed by atoms with Gasteiger partial charge in [-0.2, -0.15) is 0 Å². The van der Waals surface area contributed by atoms with Crippen LogP contribution in [0.5, 0.6) is 0 Å². The van der Waals surface area contributed by atoms with Crippen LogP contribution in [-0.2, 0) is 5.41 Å². The Morgan fingerprint density at radius 1 is 0.281 bits per heavy atom. The van der Waals surface area contributed by atoms with E-state index >= 15 is 0 Å². The highest BCUT2D eigenvalue weighted by Gasteiger charge is 2.36. The first kappa shape index (κ1) is 34.3. The summed E-state index contributed by atoms with van der Waals surface area (Å²) in [6, 6.07) is 73.8. The normalized spacial score (nSPS) is 12.5. The molecule has 10 rings (SSSR count). The topological polar surface area (TPSA) is 25.8 Å². The maximum Gasteiger partial charge on any atom is 0.160 e. The van der Waals surface area contributed by atoms with Gasteiger partial charge in [0.15, 0.2) is 5.82 Å². The van der Waals surface area contributed by atoms with Crippen molar-refractivity contribution >= 4 is 0 Å². The Kier molecular flexibility index (Phi) is 8.53. The zero-order valence-electron chi connectivity index (χ0n) is 32.0. The van der Waals surface area contributed by atoms with Crippen molar-refractivity contribution in [1.82, 2.24) is 9.97 Å². The number of rotatable bonds is 7. The van der Waals surface area contributed by atoms with Crippen molar-refractivity contribution < 1.29 is 0 Å². The number of benzene rings is 8. The van der Waals surface area contributed by atoms with Crippen molar-refractivity contribution in [3.8, 4) is 89.5 Å². The number of hydrogen-bond acceptors (Lipinski definition) is 2. The van der Waals surface area contributed by atoms with Crippen molar-refractivity contribution in [1.29, 1.82) is 0 Å². The van der Waals surface area contributed by atoms with E-state index in [1.165, 1.54) is 55.6 Å². The predicted octanol–water partition coefficient (Wildman–Crippen LogP) is 14.5. The molecule has 0 bridgehead atoms. The van der Waals surface area contributed by atoms with Crippen LogP contribution in [0, 0.1) is 0 Å². The van der Waals surface area contributed by atoms with E-state index in [9.17, 15) is 0 Å². The smallest absolute Gasteiger partial charge is 0.160 e. The molecular formula is C55H40N2. The number of nitrogens with zero attached hydrogens (tertiary/aromatic N) is 2. The molecule has 270 valence electrons. The fourth-order valence-corrected chi connectivity index (χ4v) is 8.49. The second kappa shape index (κ2) is 14.2.